The lowest BCUT2D eigenvalue weighted by atomic mass is 9.81. The minimum Gasteiger partial charge on any atom is -0.454 e. The summed E-state index contributed by atoms with van der Waals surface area (Å²) in [6, 6.07) is 5.65. The van der Waals surface area contributed by atoms with Gasteiger partial charge >= 0.3 is 5.97 Å². The van der Waals surface area contributed by atoms with Crippen molar-refractivity contribution in [1.82, 2.24) is 9.21 Å². The zero-order valence-electron chi connectivity index (χ0n) is 18.6. The second-order valence-electron chi connectivity index (χ2n) is 8.51. The molecule has 1 N–H and O–H groups in total. The number of esters is 1. The molecule has 0 radical (unpaired) electrons. The first kappa shape index (κ1) is 24.3. The number of sulfonamides is 1. The van der Waals surface area contributed by atoms with Crippen LogP contribution in [0, 0.1) is 11.8 Å². The van der Waals surface area contributed by atoms with Gasteiger partial charge in [-0.25, -0.2) is 8.42 Å². The van der Waals surface area contributed by atoms with E-state index < -0.39 is 35.1 Å². The number of rotatable bonds is 7. The standard InChI is InChI=1S/C22H27N3O8S/c26-19(14-33-20(27)13-25-21(28)17-3-1-2-4-18(17)22(25)29)23-15-5-7-16(8-6-15)34(30,31)24-9-11-32-12-10-24/h5-8,17-18H,1-4,9-14H2,(H,23,26)/t17-,18-/m1/s1. The number of hydrogen-bond donors (Lipinski definition) is 1. The molecule has 12 heteroatoms. The Bertz CT molecular complexity index is 1040. The fourth-order valence-corrected chi connectivity index (χ4v) is 5.96. The molecule has 0 aromatic heterocycles. The third kappa shape index (κ3) is 5.13. The van der Waals surface area contributed by atoms with Crippen molar-refractivity contribution < 1.29 is 37.1 Å². The Labute approximate surface area is 197 Å². The number of nitrogens with zero attached hydrogens (tertiary/aromatic N) is 2. The zero-order valence-corrected chi connectivity index (χ0v) is 19.4. The van der Waals surface area contributed by atoms with Gasteiger partial charge in [0.25, 0.3) is 5.91 Å². The molecule has 2 saturated heterocycles. The van der Waals surface area contributed by atoms with Crippen LogP contribution in [0.2, 0.25) is 0 Å². The van der Waals surface area contributed by atoms with Crippen LogP contribution >= 0.6 is 0 Å². The highest BCUT2D eigenvalue weighted by molar-refractivity contribution is 7.89. The third-order valence-corrected chi connectivity index (χ3v) is 8.24. The van der Waals surface area contributed by atoms with Crippen molar-refractivity contribution in [2.24, 2.45) is 11.8 Å². The number of hydrogen-bond acceptors (Lipinski definition) is 8. The number of likely N-dealkylation sites (tertiary alicyclic amines) is 1. The molecule has 0 spiro atoms. The molecule has 1 aromatic rings. The van der Waals surface area contributed by atoms with Crippen molar-refractivity contribution in [2.45, 2.75) is 30.6 Å². The molecule has 11 nitrogen and oxygen atoms in total. The Morgan fingerprint density at radius 1 is 1.00 bits per heavy atom. The summed E-state index contributed by atoms with van der Waals surface area (Å²) >= 11 is 0. The molecule has 2 aliphatic heterocycles. The fourth-order valence-electron chi connectivity index (χ4n) is 4.55. The predicted octanol–water partition coefficient (Wildman–Crippen LogP) is 0.364. The van der Waals surface area contributed by atoms with Crippen molar-refractivity contribution in [3.05, 3.63) is 24.3 Å². The lowest BCUT2D eigenvalue weighted by Crippen LogP contribution is -2.40. The lowest BCUT2D eigenvalue weighted by Gasteiger charge is -2.26. The SMILES string of the molecule is O=C(COC(=O)CN1C(=O)[C@@H]2CCCC[C@H]2C1=O)Nc1ccc(S(=O)(=O)N2CCOCC2)cc1. The van der Waals surface area contributed by atoms with Gasteiger partial charge in [-0.15, -0.1) is 0 Å². The average Bonchev–Trinajstić information content (AvgIpc) is 3.08. The molecule has 3 amide bonds. The number of imide groups is 1. The monoisotopic (exact) mass is 493 g/mol. The second kappa shape index (κ2) is 10.2. The third-order valence-electron chi connectivity index (χ3n) is 6.33. The van der Waals surface area contributed by atoms with Gasteiger partial charge in [-0.1, -0.05) is 12.8 Å². The summed E-state index contributed by atoms with van der Waals surface area (Å²) < 4.78 is 36.7. The Kier molecular flexibility index (Phi) is 7.29. The minimum absolute atomic E-state index is 0.0966. The van der Waals surface area contributed by atoms with E-state index in [1.165, 1.54) is 28.6 Å². The summed E-state index contributed by atoms with van der Waals surface area (Å²) in [7, 11) is -3.65. The smallest absolute Gasteiger partial charge is 0.326 e. The van der Waals surface area contributed by atoms with Crippen LogP contribution < -0.4 is 5.32 Å². The first-order chi connectivity index (χ1) is 16.3. The van der Waals surface area contributed by atoms with E-state index in [4.69, 9.17) is 9.47 Å². The molecular formula is C22H27N3O8S. The number of fused-ring (bicyclic) bond motifs is 1. The van der Waals surface area contributed by atoms with Crippen LogP contribution in [0.25, 0.3) is 0 Å². The molecule has 1 aromatic carbocycles. The summed E-state index contributed by atoms with van der Waals surface area (Å²) in [4.78, 5) is 50.2. The van der Waals surface area contributed by atoms with Gasteiger partial charge in [0, 0.05) is 18.8 Å². The normalized spacial score (nSPS) is 23.5. The number of amides is 3. The number of ether oxygens (including phenoxy) is 2. The molecule has 1 aliphatic carbocycles. The van der Waals surface area contributed by atoms with Crippen LogP contribution in [0.5, 0.6) is 0 Å². The number of carbonyl (C=O) groups is 4. The van der Waals surface area contributed by atoms with Crippen molar-refractivity contribution in [3.8, 4) is 0 Å². The van der Waals surface area contributed by atoms with Gasteiger partial charge in [-0.05, 0) is 37.1 Å². The van der Waals surface area contributed by atoms with Crippen molar-refractivity contribution in [3.63, 3.8) is 0 Å². The van der Waals surface area contributed by atoms with Crippen LogP contribution in [0.3, 0.4) is 0 Å². The van der Waals surface area contributed by atoms with E-state index in [2.05, 4.69) is 5.32 Å². The van der Waals surface area contributed by atoms with Crippen LogP contribution in [-0.4, -0.2) is 80.8 Å². The van der Waals surface area contributed by atoms with Gasteiger partial charge in [0.1, 0.15) is 6.54 Å². The summed E-state index contributed by atoms with van der Waals surface area (Å²) in [5.74, 6) is -2.88. The molecule has 4 rings (SSSR count). The van der Waals surface area contributed by atoms with Crippen molar-refractivity contribution in [1.29, 1.82) is 0 Å². The van der Waals surface area contributed by atoms with Gasteiger partial charge in [0.15, 0.2) is 6.61 Å². The van der Waals surface area contributed by atoms with Crippen molar-refractivity contribution >= 4 is 39.4 Å². The van der Waals surface area contributed by atoms with Gasteiger partial charge in [-0.3, -0.25) is 24.1 Å². The molecule has 3 fully saturated rings. The first-order valence-corrected chi connectivity index (χ1v) is 12.7. The van der Waals surface area contributed by atoms with E-state index >= 15 is 0 Å². The summed E-state index contributed by atoms with van der Waals surface area (Å²) in [6.07, 6.45) is 3.07. The molecule has 3 aliphatic rings. The fraction of sp³-hybridized carbons (Fsp3) is 0.545. The zero-order chi connectivity index (χ0) is 24.3. The molecular weight excluding hydrogens is 466 g/mol. The Balaban J connectivity index is 1.26. The summed E-state index contributed by atoms with van der Waals surface area (Å²) in [6.45, 7) is 0.132. The largest absolute Gasteiger partial charge is 0.454 e. The quantitative estimate of drug-likeness (QED) is 0.424. The maximum Gasteiger partial charge on any atom is 0.326 e. The maximum absolute atomic E-state index is 12.6. The molecule has 2 heterocycles. The Morgan fingerprint density at radius 2 is 1.59 bits per heavy atom. The topological polar surface area (TPSA) is 139 Å². The van der Waals surface area contributed by atoms with E-state index in [1.807, 2.05) is 0 Å². The molecule has 1 saturated carbocycles. The number of morpholine rings is 1. The van der Waals surface area contributed by atoms with E-state index in [-0.39, 0.29) is 41.6 Å². The van der Waals surface area contributed by atoms with E-state index in [9.17, 15) is 27.6 Å². The van der Waals surface area contributed by atoms with Crippen molar-refractivity contribution in [2.75, 3.05) is 44.8 Å². The van der Waals surface area contributed by atoms with E-state index in [0.717, 1.165) is 17.7 Å². The summed E-state index contributed by atoms with van der Waals surface area (Å²) in [5, 5.41) is 2.52. The number of benzene rings is 1. The van der Waals surface area contributed by atoms with Gasteiger partial charge in [0.05, 0.1) is 29.9 Å². The van der Waals surface area contributed by atoms with Crippen LogP contribution in [-0.2, 0) is 38.7 Å². The van der Waals surface area contributed by atoms with Gasteiger partial charge in [-0.2, -0.15) is 4.31 Å². The van der Waals surface area contributed by atoms with Crippen LogP contribution in [0.4, 0.5) is 5.69 Å². The Hall–Kier alpha value is -2.83. The van der Waals surface area contributed by atoms with Crippen LogP contribution in [0.15, 0.2) is 29.2 Å². The molecule has 2 atom stereocenters. The molecule has 0 bridgehead atoms. The highest BCUT2D eigenvalue weighted by Gasteiger charge is 2.48. The van der Waals surface area contributed by atoms with Crippen LogP contribution in [0.1, 0.15) is 25.7 Å². The van der Waals surface area contributed by atoms with E-state index in [1.54, 1.807) is 0 Å². The average molecular weight is 494 g/mol. The Morgan fingerprint density at radius 3 is 2.18 bits per heavy atom. The second-order valence-corrected chi connectivity index (χ2v) is 10.4. The lowest BCUT2D eigenvalue weighted by molar-refractivity contribution is -0.154. The minimum atomic E-state index is -3.65. The predicted molar refractivity (Wildman–Crippen MR) is 118 cm³/mol. The number of carbonyl (C=O) groups excluding carboxylic acids is 4. The number of anilines is 1. The molecule has 34 heavy (non-hydrogen) atoms. The highest BCUT2D eigenvalue weighted by atomic mass is 32.2. The summed E-state index contributed by atoms with van der Waals surface area (Å²) in [5.41, 5.74) is 0.330. The van der Waals surface area contributed by atoms with Gasteiger partial charge < -0.3 is 14.8 Å². The first-order valence-electron chi connectivity index (χ1n) is 11.3. The van der Waals surface area contributed by atoms with E-state index in [0.29, 0.717) is 31.7 Å². The maximum atomic E-state index is 12.6. The molecule has 0 unspecified atom stereocenters. The van der Waals surface area contributed by atoms with Gasteiger partial charge in [0.2, 0.25) is 21.8 Å². The highest BCUT2D eigenvalue weighted by Crippen LogP contribution is 2.37. The number of nitrogens with one attached hydrogen (secondary N) is 1. The molecule has 184 valence electrons.